The number of anilines is 8. The number of rotatable bonds is 5. The van der Waals surface area contributed by atoms with Crippen molar-refractivity contribution in [2.75, 3.05) is 19.6 Å². The summed E-state index contributed by atoms with van der Waals surface area (Å²) in [4.78, 5) is 9.81. The van der Waals surface area contributed by atoms with Crippen LogP contribution in [-0.4, -0.2) is 12.3 Å². The van der Waals surface area contributed by atoms with Crippen molar-refractivity contribution in [3.05, 3.63) is 216 Å². The van der Waals surface area contributed by atoms with Crippen LogP contribution < -0.4 is 19.6 Å². The maximum Gasteiger partial charge on any atom is 0.151 e. The van der Waals surface area contributed by atoms with Gasteiger partial charge in [0.25, 0.3) is 0 Å². The molecule has 0 saturated heterocycles. The highest BCUT2D eigenvalue weighted by Gasteiger charge is 2.51. The van der Waals surface area contributed by atoms with E-state index in [1.807, 2.05) is 72.8 Å². The molecule has 306 valence electrons. The fourth-order valence-electron chi connectivity index (χ4n) is 10.1. The van der Waals surface area contributed by atoms with Crippen LogP contribution in [0.25, 0.3) is 43.1 Å². The van der Waals surface area contributed by atoms with Gasteiger partial charge in [0.2, 0.25) is 0 Å². The van der Waals surface area contributed by atoms with Gasteiger partial charge in [0.1, 0.15) is 0 Å². The highest BCUT2D eigenvalue weighted by atomic mass is 15.5. The van der Waals surface area contributed by atoms with Crippen molar-refractivity contribution in [2.24, 2.45) is 0 Å². The Morgan fingerprint density at radius 1 is 0.258 bits per heavy atom. The molecule has 2 aliphatic rings. The summed E-state index contributed by atoms with van der Waals surface area (Å²) in [7, 11) is 0. The van der Waals surface area contributed by atoms with Gasteiger partial charge in [-0.2, -0.15) is 21.0 Å². The molecule has 0 unspecified atom stereocenters. The molecular formula is C58H34N8. The Bertz CT molecular complexity index is 3350. The zero-order valence-electron chi connectivity index (χ0n) is 35.2. The van der Waals surface area contributed by atoms with Crippen molar-refractivity contribution in [3.63, 3.8) is 0 Å². The minimum atomic E-state index is -0.449. The quantitative estimate of drug-likeness (QED) is 0.169. The van der Waals surface area contributed by atoms with Gasteiger partial charge in [-0.25, -0.2) is 0 Å². The molecule has 0 aliphatic carbocycles. The molecule has 0 aromatic heterocycles. The SMILES string of the molecule is N#Cc1ccc2cc(N3c4ccccc4N(c4ccc5cc(C#N)ccc5c4)C3C3N(c4ccc5cc(C#N)ccc5c4)c4ccccc4N3c3ccc4cc(C#N)ccc4c3)ccc2c1. The van der Waals surface area contributed by atoms with Crippen molar-refractivity contribution in [1.29, 1.82) is 21.0 Å². The lowest BCUT2D eigenvalue weighted by Gasteiger charge is -2.44. The standard InChI is InChI=1S/C58H34N8/c59-33-37-9-13-45-29-49(21-17-41(45)25-37)63-53-5-1-2-6-54(53)64(50-22-18-42-26-38(34-60)10-14-46(42)30-50)57(63)58-65(51-23-19-43-27-39(35-61)11-15-47(43)31-51)55-7-3-4-8-56(55)66(58)52-24-20-44-28-40(36-62)12-16-48(44)32-52/h1-32,57-58H. The number of fused-ring (bicyclic) bond motifs is 6. The lowest BCUT2D eigenvalue weighted by molar-refractivity contribution is 0.550. The van der Waals surface area contributed by atoms with E-state index in [1.165, 1.54) is 0 Å². The molecule has 10 aromatic carbocycles. The average Bonchev–Trinajstić information content (AvgIpc) is 3.90. The predicted molar refractivity (Wildman–Crippen MR) is 264 cm³/mol. The summed E-state index contributed by atoms with van der Waals surface area (Å²) in [5, 5.41) is 47.1. The smallest absolute Gasteiger partial charge is 0.151 e. The van der Waals surface area contributed by atoms with Gasteiger partial charge in [-0.1, -0.05) is 72.8 Å². The van der Waals surface area contributed by atoms with Crippen molar-refractivity contribution >= 4 is 88.6 Å². The van der Waals surface area contributed by atoms with Crippen LogP contribution in [0.4, 0.5) is 45.5 Å². The van der Waals surface area contributed by atoms with Crippen LogP contribution in [0.3, 0.4) is 0 Å². The predicted octanol–water partition coefficient (Wildman–Crippen LogP) is 13.7. The molecule has 10 aromatic rings. The Balaban J connectivity index is 1.15. The highest BCUT2D eigenvalue weighted by Crippen LogP contribution is 2.56. The van der Waals surface area contributed by atoms with Gasteiger partial charge in [0.15, 0.2) is 12.3 Å². The van der Waals surface area contributed by atoms with Crippen LogP contribution in [-0.2, 0) is 0 Å². The Kier molecular flexibility index (Phi) is 8.68. The van der Waals surface area contributed by atoms with Gasteiger partial charge in [-0.3, -0.25) is 0 Å². The van der Waals surface area contributed by atoms with Crippen LogP contribution in [0.15, 0.2) is 194 Å². The first-order valence-electron chi connectivity index (χ1n) is 21.6. The van der Waals surface area contributed by atoms with Gasteiger partial charge in [-0.15, -0.1) is 0 Å². The molecule has 0 atom stereocenters. The van der Waals surface area contributed by atoms with Gasteiger partial charge in [-0.05, 0) is 164 Å². The summed E-state index contributed by atoms with van der Waals surface area (Å²) >= 11 is 0. The lowest BCUT2D eigenvalue weighted by atomic mass is 10.0. The van der Waals surface area contributed by atoms with E-state index in [0.29, 0.717) is 22.3 Å². The number of hydrogen-bond donors (Lipinski definition) is 0. The molecular weight excluding hydrogens is 809 g/mol. The fraction of sp³-hybridized carbons (Fsp3) is 0.0345. The number of para-hydroxylation sites is 4. The molecule has 0 amide bonds. The van der Waals surface area contributed by atoms with Crippen LogP contribution >= 0.6 is 0 Å². The largest absolute Gasteiger partial charge is 0.314 e. The number of hydrogen-bond acceptors (Lipinski definition) is 8. The van der Waals surface area contributed by atoms with Gasteiger partial charge in [0.05, 0.1) is 69.3 Å². The van der Waals surface area contributed by atoms with Crippen LogP contribution in [0, 0.1) is 45.3 Å². The van der Waals surface area contributed by atoms with E-state index in [9.17, 15) is 21.0 Å². The molecule has 8 nitrogen and oxygen atoms in total. The zero-order chi connectivity index (χ0) is 44.5. The summed E-state index contributed by atoms with van der Waals surface area (Å²) in [5.41, 5.74) is 10.4. The third-order valence-electron chi connectivity index (χ3n) is 13.1. The molecule has 0 radical (unpaired) electrons. The molecule has 0 spiro atoms. The molecule has 0 saturated carbocycles. The summed E-state index contributed by atoms with van der Waals surface area (Å²) < 4.78 is 0. The highest BCUT2D eigenvalue weighted by molar-refractivity contribution is 6.00. The number of nitriles is 4. The minimum Gasteiger partial charge on any atom is -0.314 e. The monoisotopic (exact) mass is 842 g/mol. The summed E-state index contributed by atoms with van der Waals surface area (Å²) in [6.45, 7) is 0. The number of nitrogens with zero attached hydrogens (tertiary/aromatic N) is 8. The van der Waals surface area contributed by atoms with Crippen LogP contribution in [0.2, 0.25) is 0 Å². The second kappa shape index (κ2) is 15.0. The summed E-state index contributed by atoms with van der Waals surface area (Å²) in [5.74, 6) is 0. The van der Waals surface area contributed by atoms with E-state index >= 15 is 0 Å². The van der Waals surface area contributed by atoms with Gasteiger partial charge in [0, 0.05) is 22.7 Å². The van der Waals surface area contributed by atoms with Crippen LogP contribution in [0.5, 0.6) is 0 Å². The first-order valence-corrected chi connectivity index (χ1v) is 21.6. The van der Waals surface area contributed by atoms with E-state index < -0.39 is 12.3 Å². The summed E-state index contributed by atoms with van der Waals surface area (Å²) in [6, 6.07) is 75.5. The first-order chi connectivity index (χ1) is 32.5. The Morgan fingerprint density at radius 2 is 0.470 bits per heavy atom. The first kappa shape index (κ1) is 38.1. The van der Waals surface area contributed by atoms with E-state index in [-0.39, 0.29) is 0 Å². The molecule has 0 fully saturated rings. The van der Waals surface area contributed by atoms with Crippen molar-refractivity contribution in [2.45, 2.75) is 12.3 Å². The molecule has 66 heavy (non-hydrogen) atoms. The van der Waals surface area contributed by atoms with Gasteiger partial charge >= 0.3 is 0 Å². The van der Waals surface area contributed by atoms with Gasteiger partial charge < -0.3 is 19.6 Å². The van der Waals surface area contributed by atoms with E-state index in [4.69, 9.17) is 0 Å². The molecule has 2 heterocycles. The normalized spacial score (nSPS) is 13.5. The molecule has 0 N–H and O–H groups in total. The maximum absolute atomic E-state index is 9.78. The molecule has 2 aliphatic heterocycles. The molecule has 12 rings (SSSR count). The average molecular weight is 843 g/mol. The number of benzene rings is 10. The Hall–Kier alpha value is -9.60. The second-order valence-electron chi connectivity index (χ2n) is 16.7. The second-order valence-corrected chi connectivity index (χ2v) is 16.7. The van der Waals surface area contributed by atoms with Crippen molar-refractivity contribution in [3.8, 4) is 24.3 Å². The molecule has 0 bridgehead atoms. The third kappa shape index (κ3) is 6.03. The lowest BCUT2D eigenvalue weighted by Crippen LogP contribution is -2.58. The summed E-state index contributed by atoms with van der Waals surface area (Å²) in [6.07, 6.45) is -0.899. The van der Waals surface area contributed by atoms with E-state index in [0.717, 1.165) is 88.6 Å². The van der Waals surface area contributed by atoms with E-state index in [1.54, 1.807) is 0 Å². The van der Waals surface area contributed by atoms with Crippen molar-refractivity contribution in [1.82, 2.24) is 0 Å². The zero-order valence-corrected chi connectivity index (χ0v) is 35.2. The molecule has 8 heteroatoms. The fourth-order valence-corrected chi connectivity index (χ4v) is 10.1. The van der Waals surface area contributed by atoms with E-state index in [2.05, 4.69) is 165 Å². The topological polar surface area (TPSA) is 108 Å². The van der Waals surface area contributed by atoms with Crippen molar-refractivity contribution < 1.29 is 0 Å². The minimum absolute atomic E-state index is 0.449. The maximum atomic E-state index is 9.78. The Morgan fingerprint density at radius 3 is 0.697 bits per heavy atom. The third-order valence-corrected chi connectivity index (χ3v) is 13.1. The van der Waals surface area contributed by atoms with Crippen LogP contribution in [0.1, 0.15) is 22.3 Å². The Labute approximate surface area is 380 Å².